The van der Waals surface area contributed by atoms with Crippen LogP contribution in [0.4, 0.5) is 11.9 Å². The molecule has 0 saturated heterocycles. The summed E-state index contributed by atoms with van der Waals surface area (Å²) in [6, 6.07) is 0. The van der Waals surface area contributed by atoms with Gasteiger partial charge in [-0.3, -0.25) is 9.59 Å². The number of carbonyl (C=O) groups excluding carboxylic acids is 2. The van der Waals surface area contributed by atoms with Gasteiger partial charge in [0.05, 0.1) is 18.8 Å². The topological polar surface area (TPSA) is 127 Å². The Hall–Kier alpha value is -2.63. The molecule has 1 fully saturated rings. The van der Waals surface area contributed by atoms with E-state index in [0.717, 1.165) is 12.8 Å². The number of ether oxygens (including phenoxy) is 1. The van der Waals surface area contributed by atoms with Gasteiger partial charge in [0.15, 0.2) is 5.16 Å². The molecule has 0 unspecified atom stereocenters. The molecule has 31 heavy (non-hydrogen) atoms. The molecule has 1 aliphatic rings. The summed E-state index contributed by atoms with van der Waals surface area (Å²) in [4.78, 5) is 35.2. The Labute approximate surface area is 185 Å². The number of fused-ring (bicyclic) bond motifs is 1. The zero-order valence-corrected chi connectivity index (χ0v) is 19.1. The highest BCUT2D eigenvalue weighted by Crippen LogP contribution is 2.30. The number of aromatic nitrogens is 5. The van der Waals surface area contributed by atoms with Crippen LogP contribution in [0.25, 0.3) is 5.78 Å². The highest BCUT2D eigenvalue weighted by atomic mass is 32.2. The standard InChI is InChI=1S/C19H30N8O3S/c1-4-20-16-22-17(21-5-2)27-18(23-16)24-25-19(27)31-12-14(28)26(11-13-7-8-13)10-9-15(29)30-6-3/h13H,4-12H2,1-3H3,(H2,20,21,22,23,24). The van der Waals surface area contributed by atoms with E-state index in [2.05, 4.69) is 30.8 Å². The second-order valence-corrected chi connectivity index (χ2v) is 8.12. The lowest BCUT2D eigenvalue weighted by Crippen LogP contribution is -2.36. The van der Waals surface area contributed by atoms with Gasteiger partial charge in [0, 0.05) is 26.2 Å². The average molecular weight is 451 g/mol. The summed E-state index contributed by atoms with van der Waals surface area (Å²) in [6.07, 6.45) is 2.46. The lowest BCUT2D eigenvalue weighted by molar-refractivity contribution is -0.144. The number of thioether (sulfide) groups is 1. The molecule has 170 valence electrons. The zero-order valence-electron chi connectivity index (χ0n) is 18.3. The largest absolute Gasteiger partial charge is 0.466 e. The van der Waals surface area contributed by atoms with Crippen molar-refractivity contribution in [2.75, 3.05) is 49.2 Å². The first-order chi connectivity index (χ1) is 15.0. The minimum atomic E-state index is -0.281. The molecule has 1 saturated carbocycles. The second kappa shape index (κ2) is 11.1. The number of nitrogens with zero attached hydrogens (tertiary/aromatic N) is 6. The van der Waals surface area contributed by atoms with E-state index in [0.29, 0.717) is 61.5 Å². The third-order valence-corrected chi connectivity index (χ3v) is 5.57. The molecule has 2 heterocycles. The van der Waals surface area contributed by atoms with E-state index in [1.807, 2.05) is 13.8 Å². The normalized spacial score (nSPS) is 13.3. The van der Waals surface area contributed by atoms with Crippen LogP contribution >= 0.6 is 11.8 Å². The van der Waals surface area contributed by atoms with E-state index in [1.165, 1.54) is 11.8 Å². The monoisotopic (exact) mass is 450 g/mol. The molecule has 1 aliphatic carbocycles. The predicted molar refractivity (Wildman–Crippen MR) is 118 cm³/mol. The van der Waals surface area contributed by atoms with Crippen LogP contribution in [0, 0.1) is 5.92 Å². The molecule has 11 nitrogen and oxygen atoms in total. The van der Waals surface area contributed by atoms with Crippen LogP contribution in [-0.2, 0) is 14.3 Å². The van der Waals surface area contributed by atoms with Crippen LogP contribution in [0.3, 0.4) is 0 Å². The van der Waals surface area contributed by atoms with Gasteiger partial charge in [-0.15, -0.1) is 10.2 Å². The van der Waals surface area contributed by atoms with Crippen molar-refractivity contribution in [3.05, 3.63) is 0 Å². The molecule has 2 aromatic heterocycles. The smallest absolute Gasteiger partial charge is 0.307 e. The molecule has 3 rings (SSSR count). The second-order valence-electron chi connectivity index (χ2n) is 7.18. The Morgan fingerprint density at radius 3 is 2.61 bits per heavy atom. The molecular weight excluding hydrogens is 420 g/mol. The molecule has 0 radical (unpaired) electrons. The van der Waals surface area contributed by atoms with Gasteiger partial charge in [-0.1, -0.05) is 11.8 Å². The number of rotatable bonds is 13. The Balaban J connectivity index is 1.69. The zero-order chi connectivity index (χ0) is 22.2. The Kier molecular flexibility index (Phi) is 8.27. The van der Waals surface area contributed by atoms with Gasteiger partial charge in [-0.25, -0.2) is 4.40 Å². The molecule has 0 atom stereocenters. The van der Waals surface area contributed by atoms with Gasteiger partial charge < -0.3 is 20.3 Å². The van der Waals surface area contributed by atoms with Crippen molar-refractivity contribution in [2.45, 2.75) is 45.2 Å². The summed E-state index contributed by atoms with van der Waals surface area (Å²) >= 11 is 1.29. The van der Waals surface area contributed by atoms with Crippen molar-refractivity contribution >= 4 is 41.3 Å². The van der Waals surface area contributed by atoms with E-state index < -0.39 is 0 Å². The third-order valence-electron chi connectivity index (χ3n) is 4.66. The summed E-state index contributed by atoms with van der Waals surface area (Å²) in [7, 11) is 0. The Bertz CT molecular complexity index is 902. The van der Waals surface area contributed by atoms with E-state index in [-0.39, 0.29) is 24.1 Å². The molecule has 0 aromatic carbocycles. The maximum atomic E-state index is 12.9. The lowest BCUT2D eigenvalue weighted by Gasteiger charge is -2.22. The van der Waals surface area contributed by atoms with Gasteiger partial charge in [0.1, 0.15) is 0 Å². The first kappa shape index (κ1) is 23.0. The van der Waals surface area contributed by atoms with Crippen molar-refractivity contribution in [1.82, 2.24) is 29.5 Å². The fraction of sp³-hybridized carbons (Fsp3) is 0.684. The van der Waals surface area contributed by atoms with E-state index in [1.54, 1.807) is 16.2 Å². The maximum Gasteiger partial charge on any atom is 0.307 e. The number of hydrogen-bond acceptors (Lipinski definition) is 10. The molecule has 1 amide bonds. The summed E-state index contributed by atoms with van der Waals surface area (Å²) in [6.45, 7) is 8.46. The first-order valence-corrected chi connectivity index (χ1v) is 11.7. The molecule has 2 N–H and O–H groups in total. The van der Waals surface area contributed by atoms with Gasteiger partial charge in [0.2, 0.25) is 17.8 Å². The van der Waals surface area contributed by atoms with Crippen molar-refractivity contribution in [3.8, 4) is 0 Å². The number of hydrogen-bond donors (Lipinski definition) is 2. The minimum Gasteiger partial charge on any atom is -0.466 e. The Morgan fingerprint density at radius 2 is 1.94 bits per heavy atom. The maximum absolute atomic E-state index is 12.9. The van der Waals surface area contributed by atoms with Crippen LogP contribution in [0.5, 0.6) is 0 Å². The van der Waals surface area contributed by atoms with Crippen LogP contribution in [-0.4, -0.2) is 79.9 Å². The van der Waals surface area contributed by atoms with Crippen molar-refractivity contribution in [1.29, 1.82) is 0 Å². The van der Waals surface area contributed by atoms with Crippen LogP contribution in [0.1, 0.15) is 40.0 Å². The first-order valence-electron chi connectivity index (χ1n) is 10.7. The fourth-order valence-corrected chi connectivity index (χ4v) is 3.84. The SMILES string of the molecule is CCNc1nc(NCC)n2c(SCC(=O)N(CCC(=O)OCC)CC3CC3)nnc2n1. The van der Waals surface area contributed by atoms with Crippen LogP contribution < -0.4 is 10.6 Å². The molecule has 0 aliphatic heterocycles. The highest BCUT2D eigenvalue weighted by molar-refractivity contribution is 7.99. The Morgan fingerprint density at radius 1 is 1.16 bits per heavy atom. The molecule has 0 bridgehead atoms. The third kappa shape index (κ3) is 6.42. The summed E-state index contributed by atoms with van der Waals surface area (Å²) in [5.74, 6) is 1.86. The predicted octanol–water partition coefficient (Wildman–Crippen LogP) is 1.67. The van der Waals surface area contributed by atoms with Crippen molar-refractivity contribution in [3.63, 3.8) is 0 Å². The van der Waals surface area contributed by atoms with Crippen LogP contribution in [0.15, 0.2) is 5.16 Å². The van der Waals surface area contributed by atoms with E-state index >= 15 is 0 Å². The molecule has 2 aromatic rings. The van der Waals surface area contributed by atoms with Gasteiger partial charge in [-0.2, -0.15) is 9.97 Å². The summed E-state index contributed by atoms with van der Waals surface area (Å²) in [5, 5.41) is 15.2. The number of nitrogens with one attached hydrogen (secondary N) is 2. The number of amides is 1. The van der Waals surface area contributed by atoms with Gasteiger partial charge in [0.25, 0.3) is 5.78 Å². The fourth-order valence-electron chi connectivity index (χ4n) is 3.00. The van der Waals surface area contributed by atoms with Gasteiger partial charge >= 0.3 is 5.97 Å². The number of anilines is 2. The quantitative estimate of drug-likeness (QED) is 0.344. The summed E-state index contributed by atoms with van der Waals surface area (Å²) in [5.41, 5.74) is 0. The van der Waals surface area contributed by atoms with Crippen LogP contribution in [0.2, 0.25) is 0 Å². The van der Waals surface area contributed by atoms with Crippen molar-refractivity contribution < 1.29 is 14.3 Å². The summed E-state index contributed by atoms with van der Waals surface area (Å²) < 4.78 is 6.71. The van der Waals surface area contributed by atoms with E-state index in [4.69, 9.17) is 4.74 Å². The molecule has 0 spiro atoms. The van der Waals surface area contributed by atoms with Crippen molar-refractivity contribution in [2.24, 2.45) is 5.92 Å². The van der Waals surface area contributed by atoms with E-state index in [9.17, 15) is 9.59 Å². The van der Waals surface area contributed by atoms with Gasteiger partial charge in [-0.05, 0) is 39.5 Å². The molecular formula is C19H30N8O3S. The number of carbonyl (C=O) groups is 2. The lowest BCUT2D eigenvalue weighted by atomic mass is 10.3. The molecule has 12 heteroatoms. The number of esters is 1. The minimum absolute atomic E-state index is 0.0341. The highest BCUT2D eigenvalue weighted by Gasteiger charge is 2.27. The average Bonchev–Trinajstić information content (AvgIpc) is 3.47.